The molecular weight excluding hydrogens is 496 g/mol. The average molecular weight is 512 g/mol. The van der Waals surface area contributed by atoms with E-state index in [0.29, 0.717) is 17.9 Å². The van der Waals surface area contributed by atoms with Crippen LogP contribution in [0, 0.1) is 0 Å². The zero-order valence-corrected chi connectivity index (χ0v) is 18.8. The number of rotatable bonds is 6. The van der Waals surface area contributed by atoms with E-state index in [-0.39, 0.29) is 21.4 Å². The van der Waals surface area contributed by atoms with Crippen LogP contribution in [0.15, 0.2) is 45.8 Å². The van der Waals surface area contributed by atoms with E-state index < -0.39 is 23.6 Å². The predicted octanol–water partition coefficient (Wildman–Crippen LogP) is 4.88. The number of hydrogen-bond acceptors (Lipinski definition) is 6. The van der Waals surface area contributed by atoms with Crippen LogP contribution in [0.2, 0.25) is 5.02 Å². The fourth-order valence-corrected chi connectivity index (χ4v) is 3.93. The van der Waals surface area contributed by atoms with E-state index in [1.165, 1.54) is 18.2 Å². The fraction of sp³-hybridized carbons (Fsp3) is 0.150. The van der Waals surface area contributed by atoms with Crippen molar-refractivity contribution in [3.8, 4) is 11.5 Å². The molecule has 2 aromatic carbocycles. The molecule has 1 fully saturated rings. The highest BCUT2D eigenvalue weighted by Crippen LogP contribution is 2.38. The van der Waals surface area contributed by atoms with Crippen LogP contribution < -0.4 is 10.1 Å². The van der Waals surface area contributed by atoms with Crippen LogP contribution in [0.4, 0.5) is 10.5 Å². The molecule has 1 aliphatic heterocycles. The minimum absolute atomic E-state index is 0.0558. The maximum Gasteiger partial charge on any atom is 0.294 e. The van der Waals surface area contributed by atoms with Crippen LogP contribution in [0.5, 0.6) is 11.5 Å². The number of carbonyl (C=O) groups is 3. The van der Waals surface area contributed by atoms with Crippen LogP contribution in [-0.2, 0) is 9.59 Å². The van der Waals surface area contributed by atoms with E-state index in [9.17, 15) is 19.5 Å². The Labute approximate surface area is 190 Å². The molecule has 0 spiro atoms. The lowest BCUT2D eigenvalue weighted by Gasteiger charge is -2.12. The molecule has 1 saturated heterocycles. The van der Waals surface area contributed by atoms with Crippen molar-refractivity contribution in [2.45, 2.75) is 6.92 Å². The van der Waals surface area contributed by atoms with Crippen molar-refractivity contribution >= 4 is 68.1 Å². The second kappa shape index (κ2) is 9.55. The number of hydrogen-bond donors (Lipinski definition) is 2. The number of phenolic OH excluding ortho intramolecular Hbond substituents is 1. The van der Waals surface area contributed by atoms with Crippen molar-refractivity contribution in [1.82, 2.24) is 4.90 Å². The van der Waals surface area contributed by atoms with Crippen LogP contribution in [0.25, 0.3) is 6.08 Å². The van der Waals surface area contributed by atoms with Gasteiger partial charge in [-0.1, -0.05) is 27.5 Å². The van der Waals surface area contributed by atoms with E-state index in [0.717, 1.165) is 21.1 Å². The summed E-state index contributed by atoms with van der Waals surface area (Å²) in [6, 6.07) is 9.88. The SMILES string of the molecule is CCOc1cc(/C=C2\SC(=O)N(CC(=O)Nc3ccc(Br)cc3)C2=O)cc(Cl)c1O. The first-order valence-corrected chi connectivity index (χ1v) is 10.7. The Morgan fingerprint density at radius 1 is 1.30 bits per heavy atom. The quantitative estimate of drug-likeness (QED) is 0.537. The zero-order chi connectivity index (χ0) is 21.8. The van der Waals surface area contributed by atoms with Crippen molar-refractivity contribution in [2.75, 3.05) is 18.5 Å². The Morgan fingerprint density at radius 3 is 2.67 bits per heavy atom. The maximum atomic E-state index is 12.6. The maximum absolute atomic E-state index is 12.6. The molecular formula is C20H16BrClN2O5S. The lowest BCUT2D eigenvalue weighted by molar-refractivity contribution is -0.127. The number of halogens is 2. The molecule has 30 heavy (non-hydrogen) atoms. The summed E-state index contributed by atoms with van der Waals surface area (Å²) in [6.07, 6.45) is 1.46. The van der Waals surface area contributed by atoms with E-state index in [2.05, 4.69) is 21.2 Å². The van der Waals surface area contributed by atoms with Gasteiger partial charge in [-0.3, -0.25) is 19.3 Å². The summed E-state index contributed by atoms with van der Waals surface area (Å²) < 4.78 is 6.18. The van der Waals surface area contributed by atoms with Crippen LogP contribution in [-0.4, -0.2) is 40.2 Å². The summed E-state index contributed by atoms with van der Waals surface area (Å²) in [5, 5.41) is 12.1. The topological polar surface area (TPSA) is 95.9 Å². The second-order valence-corrected chi connectivity index (χ2v) is 8.42. The standard InChI is InChI=1S/C20H16BrClN2O5S/c1-2-29-15-8-11(7-14(22)18(15)26)9-16-19(27)24(20(28)30-16)10-17(25)23-13-5-3-12(21)4-6-13/h3-9,26H,2,10H2,1H3,(H,23,25)/b16-9-. The first kappa shape index (κ1) is 22.2. The van der Waals surface area contributed by atoms with Crippen molar-refractivity contribution in [3.63, 3.8) is 0 Å². The molecule has 3 rings (SSSR count). The first-order chi connectivity index (χ1) is 14.3. The molecule has 0 aromatic heterocycles. The van der Waals surface area contributed by atoms with E-state index in [4.69, 9.17) is 16.3 Å². The Bertz CT molecular complexity index is 1040. The van der Waals surface area contributed by atoms with Crippen molar-refractivity contribution in [1.29, 1.82) is 0 Å². The number of aromatic hydroxyl groups is 1. The third-order valence-electron chi connectivity index (χ3n) is 3.95. The van der Waals surface area contributed by atoms with Gasteiger partial charge >= 0.3 is 0 Å². The van der Waals surface area contributed by atoms with E-state index in [1.807, 2.05) is 0 Å². The number of nitrogens with one attached hydrogen (secondary N) is 1. The smallest absolute Gasteiger partial charge is 0.294 e. The third kappa shape index (κ3) is 5.16. The van der Waals surface area contributed by atoms with Crippen LogP contribution in [0.1, 0.15) is 12.5 Å². The van der Waals surface area contributed by atoms with Gasteiger partial charge in [-0.25, -0.2) is 0 Å². The fourth-order valence-electron chi connectivity index (χ4n) is 2.61. The number of benzene rings is 2. The number of nitrogens with zero attached hydrogens (tertiary/aromatic N) is 1. The van der Waals surface area contributed by atoms with Crippen molar-refractivity contribution in [2.24, 2.45) is 0 Å². The molecule has 7 nitrogen and oxygen atoms in total. The number of phenols is 1. The number of thioether (sulfide) groups is 1. The lowest BCUT2D eigenvalue weighted by Crippen LogP contribution is -2.36. The van der Waals surface area contributed by atoms with E-state index >= 15 is 0 Å². The molecule has 0 atom stereocenters. The van der Waals surface area contributed by atoms with E-state index in [1.54, 1.807) is 31.2 Å². The van der Waals surface area contributed by atoms with Gasteiger partial charge < -0.3 is 15.2 Å². The summed E-state index contributed by atoms with van der Waals surface area (Å²) in [5.74, 6) is -1.11. The number of carbonyl (C=O) groups excluding carboxylic acids is 3. The summed E-state index contributed by atoms with van der Waals surface area (Å²) in [6.45, 7) is 1.67. The molecule has 2 N–H and O–H groups in total. The molecule has 1 aliphatic rings. The third-order valence-corrected chi connectivity index (χ3v) is 5.68. The normalized spacial score (nSPS) is 15.0. The van der Waals surface area contributed by atoms with Crippen LogP contribution in [0.3, 0.4) is 0 Å². The Kier molecular flexibility index (Phi) is 7.06. The van der Waals surface area contributed by atoms with Gasteiger partial charge in [-0.15, -0.1) is 0 Å². The molecule has 1 heterocycles. The molecule has 10 heteroatoms. The second-order valence-electron chi connectivity index (χ2n) is 6.11. The summed E-state index contributed by atoms with van der Waals surface area (Å²) in [4.78, 5) is 38.1. The lowest BCUT2D eigenvalue weighted by atomic mass is 10.2. The molecule has 0 aliphatic carbocycles. The number of ether oxygens (including phenoxy) is 1. The largest absolute Gasteiger partial charge is 0.503 e. The summed E-state index contributed by atoms with van der Waals surface area (Å²) >= 11 is 10.0. The minimum atomic E-state index is -0.585. The minimum Gasteiger partial charge on any atom is -0.503 e. The Morgan fingerprint density at radius 2 is 2.00 bits per heavy atom. The number of imide groups is 1. The molecule has 0 unspecified atom stereocenters. The highest BCUT2D eigenvalue weighted by atomic mass is 79.9. The van der Waals surface area contributed by atoms with Gasteiger partial charge in [-0.2, -0.15) is 0 Å². The average Bonchev–Trinajstić information content (AvgIpc) is 2.95. The van der Waals surface area contributed by atoms with Gasteiger partial charge in [0.25, 0.3) is 11.1 Å². The highest BCUT2D eigenvalue weighted by molar-refractivity contribution is 9.10. The van der Waals surface area contributed by atoms with Gasteiger partial charge in [0.2, 0.25) is 5.91 Å². The van der Waals surface area contributed by atoms with Gasteiger partial charge in [0.1, 0.15) is 6.54 Å². The Balaban J connectivity index is 1.74. The van der Waals surface area contributed by atoms with Gasteiger partial charge in [0, 0.05) is 10.2 Å². The van der Waals surface area contributed by atoms with Crippen molar-refractivity contribution < 1.29 is 24.2 Å². The predicted molar refractivity (Wildman–Crippen MR) is 120 cm³/mol. The van der Waals surface area contributed by atoms with Gasteiger partial charge in [0.05, 0.1) is 16.5 Å². The monoisotopic (exact) mass is 510 g/mol. The summed E-state index contributed by atoms with van der Waals surface area (Å²) in [7, 11) is 0. The van der Waals surface area contributed by atoms with Gasteiger partial charge in [-0.05, 0) is 66.7 Å². The first-order valence-electron chi connectivity index (χ1n) is 8.74. The molecule has 2 aromatic rings. The molecule has 0 bridgehead atoms. The zero-order valence-electron chi connectivity index (χ0n) is 15.6. The van der Waals surface area contributed by atoms with Crippen LogP contribution >= 0.6 is 39.3 Å². The molecule has 0 saturated carbocycles. The molecule has 3 amide bonds. The number of anilines is 1. The summed E-state index contributed by atoms with van der Waals surface area (Å²) in [5.41, 5.74) is 1.03. The number of amides is 3. The molecule has 156 valence electrons. The highest BCUT2D eigenvalue weighted by Gasteiger charge is 2.36. The Hall–Kier alpha value is -2.49. The van der Waals surface area contributed by atoms with Gasteiger partial charge in [0.15, 0.2) is 11.5 Å². The van der Waals surface area contributed by atoms with Crippen molar-refractivity contribution in [3.05, 3.63) is 56.4 Å². The molecule has 0 radical (unpaired) electrons.